The van der Waals surface area contributed by atoms with Gasteiger partial charge in [-0.1, -0.05) is 20.3 Å². The van der Waals surface area contributed by atoms with Crippen LogP contribution in [0.2, 0.25) is 0 Å². The van der Waals surface area contributed by atoms with E-state index < -0.39 is 0 Å². The molecule has 2 aliphatic rings. The largest absolute Gasteiger partial charge is 0.355 e. The molecule has 0 aliphatic heterocycles. The molecule has 0 aromatic rings. The Bertz CT molecular complexity index is 267. The van der Waals surface area contributed by atoms with E-state index in [1.807, 2.05) is 0 Å². The van der Waals surface area contributed by atoms with Gasteiger partial charge in [-0.05, 0) is 36.5 Å². The molecular formula is C13H22ClNO. The quantitative estimate of drug-likeness (QED) is 0.740. The lowest BCUT2D eigenvalue weighted by atomic mass is 9.90. The Labute approximate surface area is 103 Å². The number of carbonyl (C=O) groups is 1. The number of carbonyl (C=O) groups excluding carboxylic acids is 1. The molecule has 0 saturated heterocycles. The van der Waals surface area contributed by atoms with Crippen molar-refractivity contribution in [2.45, 2.75) is 39.5 Å². The van der Waals surface area contributed by atoms with Gasteiger partial charge in [0.25, 0.3) is 0 Å². The van der Waals surface area contributed by atoms with Gasteiger partial charge in [0.05, 0.1) is 0 Å². The summed E-state index contributed by atoms with van der Waals surface area (Å²) < 4.78 is 0. The van der Waals surface area contributed by atoms with E-state index in [0.29, 0.717) is 11.8 Å². The van der Waals surface area contributed by atoms with E-state index in [1.165, 1.54) is 19.3 Å². The second-order valence-corrected chi connectivity index (χ2v) is 6.48. The molecule has 92 valence electrons. The van der Waals surface area contributed by atoms with Crippen molar-refractivity contribution in [2.75, 3.05) is 12.4 Å². The van der Waals surface area contributed by atoms with Crippen LogP contribution in [-0.4, -0.2) is 18.3 Å². The van der Waals surface area contributed by atoms with Gasteiger partial charge in [0.1, 0.15) is 0 Å². The number of halogens is 1. The van der Waals surface area contributed by atoms with Crippen LogP contribution >= 0.6 is 11.6 Å². The molecule has 0 aromatic carbocycles. The van der Waals surface area contributed by atoms with Gasteiger partial charge in [-0.15, -0.1) is 11.6 Å². The van der Waals surface area contributed by atoms with Gasteiger partial charge in [0.2, 0.25) is 5.91 Å². The molecule has 2 atom stereocenters. The van der Waals surface area contributed by atoms with Crippen molar-refractivity contribution >= 4 is 17.5 Å². The SMILES string of the molecule is CC(C)(CCCl)CNC(=O)C1C2CCCC21. The molecule has 0 radical (unpaired) electrons. The Hall–Kier alpha value is -0.240. The minimum absolute atomic E-state index is 0.126. The molecule has 2 unspecified atom stereocenters. The summed E-state index contributed by atoms with van der Waals surface area (Å²) in [5, 5.41) is 3.10. The zero-order valence-corrected chi connectivity index (χ0v) is 11.0. The number of rotatable bonds is 5. The molecule has 2 saturated carbocycles. The summed E-state index contributed by atoms with van der Waals surface area (Å²) in [6.45, 7) is 5.07. The van der Waals surface area contributed by atoms with E-state index in [-0.39, 0.29) is 11.3 Å². The maximum Gasteiger partial charge on any atom is 0.223 e. The number of amides is 1. The molecule has 0 spiro atoms. The van der Waals surface area contributed by atoms with Crippen LogP contribution in [0.15, 0.2) is 0 Å². The Morgan fingerprint density at radius 2 is 2.00 bits per heavy atom. The van der Waals surface area contributed by atoms with Gasteiger partial charge in [-0.3, -0.25) is 4.79 Å². The highest BCUT2D eigenvalue weighted by atomic mass is 35.5. The normalized spacial score (nSPS) is 32.3. The average molecular weight is 244 g/mol. The van der Waals surface area contributed by atoms with Gasteiger partial charge in [0.15, 0.2) is 0 Å². The number of fused-ring (bicyclic) bond motifs is 1. The van der Waals surface area contributed by atoms with Crippen molar-refractivity contribution in [2.24, 2.45) is 23.2 Å². The highest BCUT2D eigenvalue weighted by molar-refractivity contribution is 6.17. The molecule has 2 nitrogen and oxygen atoms in total. The lowest BCUT2D eigenvalue weighted by molar-refractivity contribution is -0.123. The van der Waals surface area contributed by atoms with Crippen molar-refractivity contribution in [3.8, 4) is 0 Å². The van der Waals surface area contributed by atoms with E-state index in [9.17, 15) is 4.79 Å². The monoisotopic (exact) mass is 243 g/mol. The molecule has 0 bridgehead atoms. The standard InChI is InChI=1S/C13H22ClNO/c1-13(2,6-7-14)8-15-12(16)11-9-4-3-5-10(9)11/h9-11H,3-8H2,1-2H3,(H,15,16). The maximum atomic E-state index is 11.9. The molecular weight excluding hydrogens is 222 g/mol. The Kier molecular flexibility index (Phi) is 3.48. The summed E-state index contributed by atoms with van der Waals surface area (Å²) >= 11 is 5.74. The maximum absolute atomic E-state index is 11.9. The van der Waals surface area contributed by atoms with Crippen LogP contribution < -0.4 is 5.32 Å². The molecule has 2 fully saturated rings. The van der Waals surface area contributed by atoms with Crippen LogP contribution in [0.25, 0.3) is 0 Å². The van der Waals surface area contributed by atoms with Crippen molar-refractivity contribution in [3.63, 3.8) is 0 Å². The lowest BCUT2D eigenvalue weighted by Gasteiger charge is -2.24. The first-order valence-electron chi connectivity index (χ1n) is 6.39. The third-order valence-electron chi connectivity index (χ3n) is 4.22. The number of hydrogen-bond acceptors (Lipinski definition) is 1. The Morgan fingerprint density at radius 3 is 2.56 bits per heavy atom. The van der Waals surface area contributed by atoms with Crippen LogP contribution in [0.4, 0.5) is 0 Å². The van der Waals surface area contributed by atoms with Crippen molar-refractivity contribution in [1.82, 2.24) is 5.32 Å². The van der Waals surface area contributed by atoms with Crippen LogP contribution in [0.5, 0.6) is 0 Å². The highest BCUT2D eigenvalue weighted by Crippen LogP contribution is 2.57. The topological polar surface area (TPSA) is 29.1 Å². The van der Waals surface area contributed by atoms with Crippen molar-refractivity contribution in [1.29, 1.82) is 0 Å². The van der Waals surface area contributed by atoms with E-state index in [0.717, 1.165) is 24.8 Å². The third kappa shape index (κ3) is 2.53. The Morgan fingerprint density at radius 1 is 1.38 bits per heavy atom. The summed E-state index contributed by atoms with van der Waals surface area (Å²) in [5.74, 6) is 2.74. The van der Waals surface area contributed by atoms with E-state index >= 15 is 0 Å². The van der Waals surface area contributed by atoms with Crippen LogP contribution in [0, 0.1) is 23.2 Å². The molecule has 0 aromatic heterocycles. The fourth-order valence-corrected chi connectivity index (χ4v) is 3.51. The Balaban J connectivity index is 1.72. The first kappa shape index (κ1) is 12.2. The van der Waals surface area contributed by atoms with E-state index in [1.54, 1.807) is 0 Å². The highest BCUT2D eigenvalue weighted by Gasteiger charge is 2.56. The van der Waals surface area contributed by atoms with Crippen molar-refractivity contribution < 1.29 is 4.79 Å². The first-order chi connectivity index (χ1) is 7.55. The molecule has 0 heterocycles. The first-order valence-corrected chi connectivity index (χ1v) is 6.92. The second kappa shape index (κ2) is 4.56. The van der Waals surface area contributed by atoms with Gasteiger partial charge in [-0.25, -0.2) is 0 Å². The molecule has 1 N–H and O–H groups in total. The minimum Gasteiger partial charge on any atom is -0.355 e. The van der Waals surface area contributed by atoms with Crippen molar-refractivity contribution in [3.05, 3.63) is 0 Å². The number of nitrogens with one attached hydrogen (secondary N) is 1. The zero-order valence-electron chi connectivity index (χ0n) is 10.3. The van der Waals surface area contributed by atoms with Crippen LogP contribution in [-0.2, 0) is 4.79 Å². The van der Waals surface area contributed by atoms with E-state index in [2.05, 4.69) is 19.2 Å². The molecule has 1 amide bonds. The summed E-state index contributed by atoms with van der Waals surface area (Å²) in [4.78, 5) is 11.9. The number of hydrogen-bond donors (Lipinski definition) is 1. The predicted molar refractivity (Wildman–Crippen MR) is 66.4 cm³/mol. The van der Waals surface area contributed by atoms with Gasteiger partial charge >= 0.3 is 0 Å². The average Bonchev–Trinajstić information content (AvgIpc) is 2.69. The summed E-state index contributed by atoms with van der Waals surface area (Å²) in [6.07, 6.45) is 4.82. The lowest BCUT2D eigenvalue weighted by Crippen LogP contribution is -2.35. The molecule has 3 heteroatoms. The van der Waals surface area contributed by atoms with Crippen LogP contribution in [0.1, 0.15) is 39.5 Å². The summed E-state index contributed by atoms with van der Waals surface area (Å²) in [6, 6.07) is 0. The van der Waals surface area contributed by atoms with Gasteiger partial charge in [0, 0.05) is 18.3 Å². The van der Waals surface area contributed by atoms with Crippen LogP contribution in [0.3, 0.4) is 0 Å². The summed E-state index contributed by atoms with van der Waals surface area (Å²) in [5.41, 5.74) is 0.126. The fraction of sp³-hybridized carbons (Fsp3) is 0.923. The minimum atomic E-state index is 0.126. The molecule has 2 aliphatic carbocycles. The number of alkyl halides is 1. The second-order valence-electron chi connectivity index (χ2n) is 6.11. The van der Waals surface area contributed by atoms with Gasteiger partial charge in [-0.2, -0.15) is 0 Å². The van der Waals surface area contributed by atoms with Gasteiger partial charge < -0.3 is 5.32 Å². The summed E-state index contributed by atoms with van der Waals surface area (Å²) in [7, 11) is 0. The smallest absolute Gasteiger partial charge is 0.223 e. The molecule has 16 heavy (non-hydrogen) atoms. The predicted octanol–water partition coefficient (Wildman–Crippen LogP) is 2.80. The third-order valence-corrected chi connectivity index (χ3v) is 4.41. The molecule has 2 rings (SSSR count). The zero-order chi connectivity index (χ0) is 11.8. The van der Waals surface area contributed by atoms with E-state index in [4.69, 9.17) is 11.6 Å². The fourth-order valence-electron chi connectivity index (χ4n) is 3.00.